The van der Waals surface area contributed by atoms with Crippen LogP contribution >= 0.6 is 0 Å². The fraction of sp³-hybridized carbons (Fsp3) is 0.886. The molecule has 0 aromatic rings. The van der Waals surface area contributed by atoms with Gasteiger partial charge in [-0.15, -0.1) is 0 Å². The minimum atomic E-state index is -2.60. The molecule has 5 fully saturated rings. The molecular formula is C70H130O13Si5. The molecule has 508 valence electrons. The average molecular weight is 1320 g/mol. The largest absolute Gasteiger partial charge is 0.414 e. The first kappa shape index (κ1) is 76.2. The first-order valence-electron chi connectivity index (χ1n) is 34.2. The third-order valence-electron chi connectivity index (χ3n) is 23.5. The summed E-state index contributed by atoms with van der Waals surface area (Å²) in [5.41, 5.74) is 2.13. The number of hydrogen-bond acceptors (Lipinski definition) is 13. The molecule has 0 N–H and O–H groups in total. The van der Waals surface area contributed by atoms with E-state index < -0.39 is 84.3 Å². The van der Waals surface area contributed by atoms with E-state index in [9.17, 15) is 4.79 Å². The fourth-order valence-electron chi connectivity index (χ4n) is 12.4. The molecule has 13 nitrogen and oxygen atoms in total. The lowest BCUT2D eigenvalue weighted by Gasteiger charge is -2.56. The van der Waals surface area contributed by atoms with Crippen molar-refractivity contribution in [2.75, 3.05) is 13.7 Å². The van der Waals surface area contributed by atoms with Crippen LogP contribution in [0.4, 0.5) is 0 Å². The van der Waals surface area contributed by atoms with Gasteiger partial charge < -0.3 is 50.6 Å². The van der Waals surface area contributed by atoms with Crippen molar-refractivity contribution < 1.29 is 60.1 Å². The second-order valence-electron chi connectivity index (χ2n) is 35.5. The number of carbonyl (C=O) groups excluding carboxylic acids is 2. The molecule has 18 heteroatoms. The van der Waals surface area contributed by atoms with Crippen molar-refractivity contribution in [1.29, 1.82) is 0 Å². The molecule has 88 heavy (non-hydrogen) atoms. The Morgan fingerprint density at radius 1 is 0.545 bits per heavy atom. The first-order chi connectivity index (χ1) is 40.0. The predicted octanol–water partition coefficient (Wildman–Crippen LogP) is 17.2. The highest BCUT2D eigenvalue weighted by Crippen LogP contribution is 2.50. The highest BCUT2D eigenvalue weighted by Gasteiger charge is 2.59. The van der Waals surface area contributed by atoms with Crippen molar-refractivity contribution in [1.82, 2.24) is 0 Å². The summed E-state index contributed by atoms with van der Waals surface area (Å²) in [7, 11) is -10.4. The van der Waals surface area contributed by atoms with Crippen molar-refractivity contribution in [2.45, 2.75) is 370 Å². The van der Waals surface area contributed by atoms with Gasteiger partial charge in [-0.25, -0.2) is 0 Å². The molecule has 3 unspecified atom stereocenters. The van der Waals surface area contributed by atoms with Crippen LogP contribution in [0, 0.1) is 11.8 Å². The molecule has 8 heterocycles. The van der Waals surface area contributed by atoms with Crippen molar-refractivity contribution in [2.24, 2.45) is 11.8 Å². The molecule has 8 aliphatic heterocycles. The first-order valence-corrected chi connectivity index (χ1v) is 48.8. The molecule has 0 saturated carbocycles. The van der Waals surface area contributed by atoms with E-state index in [1.165, 1.54) is 0 Å². The minimum absolute atomic E-state index is 0.0171. The third-order valence-corrected chi connectivity index (χ3v) is 46.0. The minimum Gasteiger partial charge on any atom is -0.414 e. The van der Waals surface area contributed by atoms with Crippen LogP contribution in [0.5, 0.6) is 0 Å². The van der Waals surface area contributed by atoms with Gasteiger partial charge in [0.05, 0.1) is 73.8 Å². The summed E-state index contributed by atoms with van der Waals surface area (Å²) in [6.07, 6.45) is 4.93. The Morgan fingerprint density at radius 3 is 1.62 bits per heavy atom. The van der Waals surface area contributed by atoms with Gasteiger partial charge in [0.1, 0.15) is 30.2 Å². The van der Waals surface area contributed by atoms with E-state index in [4.69, 9.17) is 50.6 Å². The molecule has 0 aromatic carbocycles. The van der Waals surface area contributed by atoms with Crippen molar-refractivity contribution in [3.63, 3.8) is 0 Å². The zero-order valence-corrected chi connectivity index (χ0v) is 65.9. The highest BCUT2D eigenvalue weighted by atomic mass is 28.4. The Hall–Kier alpha value is -0.796. The fourth-order valence-corrected chi connectivity index (χ4v) is 18.7. The van der Waals surface area contributed by atoms with Crippen LogP contribution in [-0.4, -0.2) is 158 Å². The van der Waals surface area contributed by atoms with Crippen LogP contribution < -0.4 is 0 Å². The topological polar surface area (TPSA) is 136 Å². The van der Waals surface area contributed by atoms with Crippen molar-refractivity contribution in [3.8, 4) is 0 Å². The van der Waals surface area contributed by atoms with Gasteiger partial charge in [-0.1, -0.05) is 130 Å². The molecule has 0 spiro atoms. The number of ketones is 2. The summed E-state index contributed by atoms with van der Waals surface area (Å²) in [6, 6.07) is 0. The van der Waals surface area contributed by atoms with Gasteiger partial charge in [0.25, 0.3) is 0 Å². The number of rotatable bonds is 14. The molecule has 8 aliphatic rings. The molecule has 17 atom stereocenters. The Labute approximate surface area is 542 Å². The van der Waals surface area contributed by atoms with Gasteiger partial charge >= 0.3 is 0 Å². The average Bonchev–Trinajstić information content (AvgIpc) is 0.954. The molecule has 0 aromatic heterocycles. The van der Waals surface area contributed by atoms with Crippen LogP contribution in [0.2, 0.25) is 90.7 Å². The summed E-state index contributed by atoms with van der Waals surface area (Å²) < 4.78 is 80.3. The molecule has 0 amide bonds. The Kier molecular flexibility index (Phi) is 24.7. The number of methoxy groups -OCH3 is 1. The maximum absolute atomic E-state index is 15.4. The molecule has 0 aliphatic carbocycles. The maximum Gasteiger partial charge on any atom is 0.193 e. The van der Waals surface area contributed by atoms with Gasteiger partial charge in [0.15, 0.2) is 47.4 Å². The van der Waals surface area contributed by atoms with Gasteiger partial charge in [0.2, 0.25) is 0 Å². The number of Topliss-reactive ketones (excluding diaryl/α,β-unsaturated/α-hetero) is 1. The lowest BCUT2D eigenvalue weighted by atomic mass is 9.81. The third kappa shape index (κ3) is 18.6. The van der Waals surface area contributed by atoms with E-state index in [0.29, 0.717) is 45.1 Å². The van der Waals surface area contributed by atoms with Crippen LogP contribution in [0.3, 0.4) is 0 Å². The van der Waals surface area contributed by atoms with Gasteiger partial charge in [-0.2, -0.15) is 0 Å². The smallest absolute Gasteiger partial charge is 0.193 e. The number of hydrogen-bond donors (Lipinski definition) is 0. The monoisotopic (exact) mass is 1320 g/mol. The van der Waals surface area contributed by atoms with E-state index in [1.54, 1.807) is 13.2 Å². The van der Waals surface area contributed by atoms with E-state index in [1.807, 2.05) is 6.08 Å². The zero-order valence-electron chi connectivity index (χ0n) is 60.9. The van der Waals surface area contributed by atoms with E-state index in [2.05, 4.69) is 189 Å². The molecular weight excluding hydrogens is 1190 g/mol. The second-order valence-corrected chi connectivity index (χ2v) is 59.4. The van der Waals surface area contributed by atoms with E-state index in [0.717, 1.165) is 36.8 Å². The van der Waals surface area contributed by atoms with Crippen LogP contribution in [0.1, 0.15) is 188 Å². The summed E-state index contributed by atoms with van der Waals surface area (Å²) in [4.78, 5) is 29.7. The molecule has 5 saturated heterocycles. The van der Waals surface area contributed by atoms with Crippen LogP contribution in [0.25, 0.3) is 0 Å². The number of carbonyl (C=O) groups is 2. The summed E-state index contributed by atoms with van der Waals surface area (Å²) >= 11 is 0. The van der Waals surface area contributed by atoms with Crippen molar-refractivity contribution >= 4 is 53.2 Å². The Bertz CT molecular complexity index is 2410. The maximum atomic E-state index is 15.4. The van der Waals surface area contributed by atoms with E-state index >= 15 is 4.79 Å². The lowest BCUT2D eigenvalue weighted by Crippen LogP contribution is -2.69. The Morgan fingerprint density at radius 2 is 1.07 bits per heavy atom. The summed E-state index contributed by atoms with van der Waals surface area (Å²) in [6.45, 7) is 68.9. The second kappa shape index (κ2) is 28.5. The highest BCUT2D eigenvalue weighted by molar-refractivity contribution is 6.76. The quantitative estimate of drug-likeness (QED) is 0.121. The standard InChI is InChI=1S/C70H130O13Si5/c1-45-38-51-33-36-55-46(2)39-50(75-55)32-30-48(71)31-35-57(81-86(24,25)68(10,11)12)63-65(83-88(28,29)70(16,17)18)64(82-87(26,27)69(13,14)15)62-56(79-63)37-34-52(77-62)40-49(72)41-54-59(43-58(76-51)47(45)3)78-60(61(54)73-19)42-53(80-85(22,23)67(7,8)9)44-74-84(20,21)66(4,5)6/h31,35,45,50-65H,2-3,30,32-34,36-44H2,1,4-29H3/t45-,50+,51+,52?,53+,54+,55?,56+,57+,58?,59+,60-,61-,62+,63+,64+,65-/m1/s1. The van der Waals surface area contributed by atoms with Gasteiger partial charge in [-0.3, -0.25) is 9.59 Å². The number of ether oxygens (including phenoxy) is 6. The lowest BCUT2D eigenvalue weighted by molar-refractivity contribution is -0.266. The molecule has 8 rings (SSSR count). The van der Waals surface area contributed by atoms with Crippen LogP contribution in [-0.2, 0) is 60.1 Å². The summed E-state index contributed by atoms with van der Waals surface area (Å²) in [5.74, 6) is 0.0629. The van der Waals surface area contributed by atoms with Crippen molar-refractivity contribution in [3.05, 3.63) is 36.5 Å². The Balaban J connectivity index is 1.45. The van der Waals surface area contributed by atoms with Gasteiger partial charge in [0, 0.05) is 45.1 Å². The normalized spacial score (nSPS) is 34.2. The number of fused-ring (bicyclic) bond motifs is 2. The van der Waals surface area contributed by atoms with Gasteiger partial charge in [-0.05, 0) is 159 Å². The zero-order chi connectivity index (χ0) is 66.5. The molecule has 0 radical (unpaired) electrons. The number of allylic oxidation sites excluding steroid dienone is 1. The van der Waals surface area contributed by atoms with E-state index in [-0.39, 0.29) is 110 Å². The molecule has 8 bridgehead atoms. The predicted molar refractivity (Wildman–Crippen MR) is 371 cm³/mol. The van der Waals surface area contributed by atoms with Crippen LogP contribution in [0.15, 0.2) is 36.5 Å². The summed E-state index contributed by atoms with van der Waals surface area (Å²) in [5, 5.41) is -0.482. The SMILES string of the molecule is C=C1C[C@@H]2CCC(=O)C=C[C@H](O[Si](C)(C)C(C)(C)C)[C@@H]3O[C@H]4CCC(CC(=O)C[C@@H]5[C@@H](OC)[C@@H](C[C@@H](CO[Si](C)(C)C(C)(C)C)O[Si](C)(C)C(C)(C)C)O[C@H]5CC5O[C@@H](CCC1O2)C[C@@H](C)C5=C)O[C@@H]4[C@H](O[Si](C)(C)C(C)(C)C)[C@@H]3O[Si](C)(C)C(C)(C)C.